The van der Waals surface area contributed by atoms with Gasteiger partial charge in [0.15, 0.2) is 12.4 Å². The minimum absolute atomic E-state index is 0.0734. The summed E-state index contributed by atoms with van der Waals surface area (Å²) in [6, 6.07) is 18.2. The van der Waals surface area contributed by atoms with Gasteiger partial charge in [0.05, 0.1) is 19.4 Å². The first kappa shape index (κ1) is 23.6. The Kier molecular flexibility index (Phi) is 8.24. The molecule has 0 fully saturated rings. The Morgan fingerprint density at radius 3 is 2.36 bits per heavy atom. The third-order valence-corrected chi connectivity index (χ3v) is 4.95. The van der Waals surface area contributed by atoms with E-state index >= 15 is 0 Å². The molecular weight excluding hydrogens is 424 g/mol. The minimum Gasteiger partial charge on any atom is -0.496 e. The van der Waals surface area contributed by atoms with Gasteiger partial charge in [-0.05, 0) is 30.7 Å². The summed E-state index contributed by atoms with van der Waals surface area (Å²) in [7, 11) is 1.55. The van der Waals surface area contributed by atoms with Crippen molar-refractivity contribution in [2.45, 2.75) is 25.4 Å². The zero-order valence-corrected chi connectivity index (χ0v) is 18.4. The summed E-state index contributed by atoms with van der Waals surface area (Å²) in [4.78, 5) is 37.5. The number of nitrogens with one attached hydrogen (secondary N) is 2. The number of carbonyl (C=O) groups excluding carboxylic acids is 3. The molecule has 0 spiro atoms. The van der Waals surface area contributed by atoms with Gasteiger partial charge >= 0.3 is 5.97 Å². The lowest BCUT2D eigenvalue weighted by Crippen LogP contribution is -2.44. The zero-order chi connectivity index (χ0) is 23.6. The van der Waals surface area contributed by atoms with Crippen LogP contribution in [0.25, 0.3) is 0 Å². The summed E-state index contributed by atoms with van der Waals surface area (Å²) < 4.78 is 15.6. The number of methoxy groups -OCH3 is 1. The predicted molar refractivity (Wildman–Crippen MR) is 121 cm³/mol. The van der Waals surface area contributed by atoms with E-state index in [1.54, 1.807) is 26.2 Å². The van der Waals surface area contributed by atoms with Crippen LogP contribution in [0.15, 0.2) is 77.4 Å². The fourth-order valence-corrected chi connectivity index (χ4v) is 3.30. The molecule has 172 valence electrons. The van der Waals surface area contributed by atoms with E-state index in [-0.39, 0.29) is 18.2 Å². The Bertz CT molecular complexity index is 1070. The van der Waals surface area contributed by atoms with Crippen LogP contribution in [0.5, 0.6) is 5.75 Å². The smallest absolute Gasteiger partial charge is 0.329 e. The molecule has 1 aromatic heterocycles. The van der Waals surface area contributed by atoms with Gasteiger partial charge in [0.25, 0.3) is 11.8 Å². The van der Waals surface area contributed by atoms with Crippen LogP contribution < -0.4 is 15.4 Å². The maximum atomic E-state index is 12.7. The predicted octanol–water partition coefficient (Wildman–Crippen LogP) is 3.05. The highest BCUT2D eigenvalue weighted by molar-refractivity contribution is 5.94. The number of benzene rings is 2. The van der Waals surface area contributed by atoms with Crippen LogP contribution in [0.4, 0.5) is 0 Å². The van der Waals surface area contributed by atoms with Crippen LogP contribution in [-0.4, -0.2) is 37.5 Å². The number of carbonyl (C=O) groups is 3. The Labute approximate surface area is 191 Å². The third kappa shape index (κ3) is 6.70. The van der Waals surface area contributed by atoms with Crippen LogP contribution >= 0.6 is 0 Å². The van der Waals surface area contributed by atoms with Gasteiger partial charge in [0.1, 0.15) is 11.8 Å². The van der Waals surface area contributed by atoms with E-state index in [1.165, 1.54) is 12.3 Å². The molecule has 3 aromatic rings. The first-order valence-electron chi connectivity index (χ1n) is 10.4. The summed E-state index contributed by atoms with van der Waals surface area (Å²) >= 11 is 0. The number of amides is 2. The van der Waals surface area contributed by atoms with E-state index in [4.69, 9.17) is 13.9 Å². The molecule has 8 nitrogen and oxygen atoms in total. The Morgan fingerprint density at radius 1 is 0.939 bits per heavy atom. The molecule has 2 N–H and O–H groups in total. The van der Waals surface area contributed by atoms with Crippen molar-refractivity contribution < 1.29 is 28.3 Å². The lowest BCUT2D eigenvalue weighted by Gasteiger charge is -2.19. The number of furan rings is 1. The maximum absolute atomic E-state index is 12.7. The van der Waals surface area contributed by atoms with Crippen molar-refractivity contribution in [3.05, 3.63) is 89.9 Å². The molecule has 2 aromatic carbocycles. The summed E-state index contributed by atoms with van der Waals surface area (Å²) in [6.07, 6.45) is 1.57. The van der Waals surface area contributed by atoms with Gasteiger partial charge in [-0.2, -0.15) is 0 Å². The van der Waals surface area contributed by atoms with Crippen LogP contribution in [-0.2, 0) is 20.7 Å². The molecule has 8 heteroatoms. The van der Waals surface area contributed by atoms with Crippen LogP contribution in [0.3, 0.4) is 0 Å². The molecule has 2 atom stereocenters. The molecule has 2 amide bonds. The van der Waals surface area contributed by atoms with E-state index in [0.717, 1.165) is 11.1 Å². The minimum atomic E-state index is -0.996. The van der Waals surface area contributed by atoms with Crippen molar-refractivity contribution in [3.63, 3.8) is 0 Å². The maximum Gasteiger partial charge on any atom is 0.329 e. The van der Waals surface area contributed by atoms with E-state index < -0.39 is 30.4 Å². The second kappa shape index (κ2) is 11.5. The summed E-state index contributed by atoms with van der Waals surface area (Å²) in [5.41, 5.74) is 1.63. The topological polar surface area (TPSA) is 107 Å². The van der Waals surface area contributed by atoms with Crippen molar-refractivity contribution in [3.8, 4) is 5.75 Å². The molecule has 0 bridgehead atoms. The Hall–Kier alpha value is -4.07. The van der Waals surface area contributed by atoms with Gasteiger partial charge in [-0.15, -0.1) is 0 Å². The average Bonchev–Trinajstić information content (AvgIpc) is 3.38. The van der Waals surface area contributed by atoms with Gasteiger partial charge in [0.2, 0.25) is 0 Å². The van der Waals surface area contributed by atoms with Crippen molar-refractivity contribution in [2.24, 2.45) is 0 Å². The van der Waals surface area contributed by atoms with Crippen LogP contribution in [0.2, 0.25) is 0 Å². The second-order valence-corrected chi connectivity index (χ2v) is 7.33. The van der Waals surface area contributed by atoms with Gasteiger partial charge < -0.3 is 24.5 Å². The standard InChI is InChI=1S/C25H26N2O6/c1-17(19-11-6-7-12-21(19)31-2)26-23(28)16-33-25(30)20(15-18-9-4-3-5-10-18)27-24(29)22-13-8-14-32-22/h3-14,17,20H,15-16H2,1-2H3,(H,26,28)(H,27,29)/t17?,20-/m0/s1. The van der Waals surface area contributed by atoms with Gasteiger partial charge in [-0.25, -0.2) is 4.79 Å². The molecule has 0 saturated carbocycles. The highest BCUT2D eigenvalue weighted by Gasteiger charge is 2.25. The molecule has 1 heterocycles. The van der Waals surface area contributed by atoms with E-state index in [0.29, 0.717) is 5.75 Å². The summed E-state index contributed by atoms with van der Waals surface area (Å²) in [6.45, 7) is 1.32. The van der Waals surface area contributed by atoms with Gasteiger partial charge in [-0.1, -0.05) is 48.5 Å². The van der Waals surface area contributed by atoms with Crippen LogP contribution in [0, 0.1) is 0 Å². The lowest BCUT2D eigenvalue weighted by atomic mass is 10.1. The first-order valence-corrected chi connectivity index (χ1v) is 10.4. The summed E-state index contributed by atoms with van der Waals surface area (Å²) in [5.74, 6) is -1.03. The number of hydrogen-bond donors (Lipinski definition) is 2. The molecule has 3 rings (SSSR count). The zero-order valence-electron chi connectivity index (χ0n) is 18.4. The third-order valence-electron chi connectivity index (χ3n) is 4.95. The molecule has 1 unspecified atom stereocenters. The highest BCUT2D eigenvalue weighted by Crippen LogP contribution is 2.24. The van der Waals surface area contributed by atoms with Crippen molar-refractivity contribution >= 4 is 17.8 Å². The molecule has 0 aliphatic carbocycles. The largest absolute Gasteiger partial charge is 0.496 e. The quantitative estimate of drug-likeness (QED) is 0.460. The van der Waals surface area contributed by atoms with Crippen LogP contribution in [0.1, 0.15) is 34.6 Å². The number of esters is 1. The van der Waals surface area contributed by atoms with Gasteiger partial charge in [0, 0.05) is 12.0 Å². The Balaban J connectivity index is 1.60. The van der Waals surface area contributed by atoms with E-state index in [9.17, 15) is 14.4 Å². The number of ether oxygens (including phenoxy) is 2. The van der Waals surface area contributed by atoms with Crippen molar-refractivity contribution in [1.29, 1.82) is 0 Å². The molecular formula is C25H26N2O6. The van der Waals surface area contributed by atoms with Gasteiger partial charge in [-0.3, -0.25) is 9.59 Å². The molecule has 0 radical (unpaired) electrons. The fraction of sp³-hybridized carbons (Fsp3) is 0.240. The van der Waals surface area contributed by atoms with E-state index in [1.807, 2.05) is 48.5 Å². The lowest BCUT2D eigenvalue weighted by molar-refractivity contribution is -0.150. The summed E-state index contributed by atoms with van der Waals surface area (Å²) in [5, 5.41) is 5.40. The fourth-order valence-electron chi connectivity index (χ4n) is 3.30. The number of hydrogen-bond acceptors (Lipinski definition) is 6. The molecule has 0 saturated heterocycles. The van der Waals surface area contributed by atoms with E-state index in [2.05, 4.69) is 10.6 Å². The Morgan fingerprint density at radius 2 is 1.67 bits per heavy atom. The average molecular weight is 450 g/mol. The highest BCUT2D eigenvalue weighted by atomic mass is 16.5. The van der Waals surface area contributed by atoms with Crippen molar-refractivity contribution in [2.75, 3.05) is 13.7 Å². The number of para-hydroxylation sites is 1. The molecule has 33 heavy (non-hydrogen) atoms. The monoisotopic (exact) mass is 450 g/mol. The normalized spacial score (nSPS) is 12.3. The molecule has 0 aliphatic heterocycles. The second-order valence-electron chi connectivity index (χ2n) is 7.33. The number of rotatable bonds is 10. The van der Waals surface area contributed by atoms with Crippen molar-refractivity contribution in [1.82, 2.24) is 10.6 Å². The SMILES string of the molecule is COc1ccccc1C(C)NC(=O)COC(=O)[C@H](Cc1ccccc1)NC(=O)c1ccco1. The first-order chi connectivity index (χ1) is 16.0. The molecule has 0 aliphatic rings.